The zero-order valence-corrected chi connectivity index (χ0v) is 11.0. The van der Waals surface area contributed by atoms with Gasteiger partial charge in [0, 0.05) is 20.0 Å². The first-order valence-electron chi connectivity index (χ1n) is 6.36. The van der Waals surface area contributed by atoms with Gasteiger partial charge in [0.05, 0.1) is 0 Å². The highest BCUT2D eigenvalue weighted by molar-refractivity contribution is 5.82. The number of carboxylic acids is 2. The molecular formula is C12H20N2O5. The van der Waals surface area contributed by atoms with Crippen LogP contribution < -0.4 is 5.32 Å². The second kappa shape index (κ2) is 6.96. The third kappa shape index (κ3) is 5.15. The minimum atomic E-state index is -1.22. The Kier molecular flexibility index (Phi) is 5.59. The number of amides is 2. The first kappa shape index (κ1) is 15.3. The van der Waals surface area contributed by atoms with Crippen LogP contribution in [0.4, 0.5) is 4.79 Å². The number of hydrogen-bond donors (Lipinski definition) is 3. The van der Waals surface area contributed by atoms with E-state index in [1.807, 2.05) is 0 Å². The number of rotatable bonds is 7. The summed E-state index contributed by atoms with van der Waals surface area (Å²) in [4.78, 5) is 34.6. The van der Waals surface area contributed by atoms with Crippen LogP contribution in [0.1, 0.15) is 32.1 Å². The fourth-order valence-corrected chi connectivity index (χ4v) is 1.93. The van der Waals surface area contributed by atoms with Gasteiger partial charge < -0.3 is 20.4 Å². The van der Waals surface area contributed by atoms with Crippen LogP contribution in [0, 0.1) is 5.92 Å². The summed E-state index contributed by atoms with van der Waals surface area (Å²) >= 11 is 0. The van der Waals surface area contributed by atoms with Crippen LogP contribution in [0.2, 0.25) is 0 Å². The molecule has 1 atom stereocenters. The van der Waals surface area contributed by atoms with Crippen molar-refractivity contribution in [2.24, 2.45) is 5.92 Å². The number of hydrogen-bond acceptors (Lipinski definition) is 3. The minimum Gasteiger partial charge on any atom is -0.481 e. The van der Waals surface area contributed by atoms with Crippen LogP contribution in [-0.2, 0) is 9.59 Å². The van der Waals surface area contributed by atoms with Gasteiger partial charge in [0.1, 0.15) is 6.04 Å². The Morgan fingerprint density at radius 1 is 1.32 bits per heavy atom. The highest BCUT2D eigenvalue weighted by Gasteiger charge is 2.25. The van der Waals surface area contributed by atoms with Crippen molar-refractivity contribution in [1.82, 2.24) is 10.2 Å². The minimum absolute atomic E-state index is 0.117. The Labute approximate surface area is 111 Å². The lowest BCUT2D eigenvalue weighted by Gasteiger charge is -2.30. The van der Waals surface area contributed by atoms with E-state index in [0.29, 0.717) is 12.5 Å². The van der Waals surface area contributed by atoms with Crippen molar-refractivity contribution in [1.29, 1.82) is 0 Å². The molecule has 1 fully saturated rings. The molecule has 19 heavy (non-hydrogen) atoms. The maximum Gasteiger partial charge on any atom is 0.326 e. The molecule has 7 heteroatoms. The lowest BCUT2D eigenvalue weighted by molar-refractivity contribution is -0.140. The fourth-order valence-electron chi connectivity index (χ4n) is 1.93. The van der Waals surface area contributed by atoms with E-state index in [1.165, 1.54) is 11.3 Å². The normalized spacial score (nSPS) is 16.3. The summed E-state index contributed by atoms with van der Waals surface area (Å²) in [5, 5.41) is 19.8. The van der Waals surface area contributed by atoms with Gasteiger partial charge in [-0.05, 0) is 25.2 Å². The topological polar surface area (TPSA) is 107 Å². The standard InChI is InChI=1S/C12H20N2O5/c1-14(7-8-3-2-4-8)12(19)13-9(11(17)18)5-6-10(15)16/h8-9H,2-7H2,1H3,(H,13,19)(H,15,16)(H,17,18). The number of carboxylic acid groups (broad SMARTS) is 2. The molecule has 1 unspecified atom stereocenters. The van der Waals surface area contributed by atoms with E-state index in [1.54, 1.807) is 7.05 Å². The van der Waals surface area contributed by atoms with Gasteiger partial charge in [-0.25, -0.2) is 9.59 Å². The zero-order valence-electron chi connectivity index (χ0n) is 11.0. The van der Waals surface area contributed by atoms with Crippen LogP contribution in [0.25, 0.3) is 0 Å². The molecule has 0 aromatic rings. The highest BCUT2D eigenvalue weighted by atomic mass is 16.4. The van der Waals surface area contributed by atoms with E-state index >= 15 is 0 Å². The second-order valence-corrected chi connectivity index (χ2v) is 4.95. The smallest absolute Gasteiger partial charge is 0.326 e. The summed E-state index contributed by atoms with van der Waals surface area (Å²) < 4.78 is 0. The van der Waals surface area contributed by atoms with Gasteiger partial charge in [-0.15, -0.1) is 0 Å². The summed E-state index contributed by atoms with van der Waals surface area (Å²) in [7, 11) is 1.61. The van der Waals surface area contributed by atoms with Gasteiger partial charge >= 0.3 is 18.0 Å². The van der Waals surface area contributed by atoms with Gasteiger partial charge in [-0.1, -0.05) is 6.42 Å². The molecule has 108 valence electrons. The van der Waals surface area contributed by atoms with Gasteiger partial charge in [0.15, 0.2) is 0 Å². The van der Waals surface area contributed by atoms with Gasteiger partial charge in [-0.3, -0.25) is 4.79 Å². The number of nitrogens with one attached hydrogen (secondary N) is 1. The maximum atomic E-state index is 11.8. The lowest BCUT2D eigenvalue weighted by atomic mass is 9.85. The monoisotopic (exact) mass is 272 g/mol. The van der Waals surface area contributed by atoms with Crippen LogP contribution in [-0.4, -0.2) is 52.7 Å². The molecule has 0 aliphatic heterocycles. The van der Waals surface area contributed by atoms with Gasteiger partial charge in [0.25, 0.3) is 0 Å². The largest absolute Gasteiger partial charge is 0.481 e. The number of aliphatic carboxylic acids is 2. The molecule has 0 bridgehead atoms. The lowest BCUT2D eigenvalue weighted by Crippen LogP contribution is -2.48. The summed E-state index contributed by atoms with van der Waals surface area (Å²) in [6.45, 7) is 0.608. The average Bonchev–Trinajstić information content (AvgIpc) is 2.27. The molecule has 1 aliphatic carbocycles. The van der Waals surface area contributed by atoms with Crippen LogP contribution in [0.3, 0.4) is 0 Å². The Hall–Kier alpha value is -1.79. The molecule has 1 saturated carbocycles. The summed E-state index contributed by atoms with van der Waals surface area (Å²) in [6.07, 6.45) is 2.96. The molecule has 1 aliphatic rings. The third-order valence-electron chi connectivity index (χ3n) is 3.35. The van der Waals surface area contributed by atoms with E-state index in [2.05, 4.69) is 5.32 Å². The Balaban J connectivity index is 2.40. The van der Waals surface area contributed by atoms with E-state index in [-0.39, 0.29) is 12.8 Å². The molecule has 0 aromatic carbocycles. The maximum absolute atomic E-state index is 11.8. The number of carbonyl (C=O) groups excluding carboxylic acids is 1. The molecule has 0 heterocycles. The number of carbonyl (C=O) groups is 3. The number of nitrogens with zero attached hydrogens (tertiary/aromatic N) is 1. The van der Waals surface area contributed by atoms with Crippen LogP contribution in [0.15, 0.2) is 0 Å². The van der Waals surface area contributed by atoms with Crippen molar-refractivity contribution >= 4 is 18.0 Å². The summed E-state index contributed by atoms with van der Waals surface area (Å²) in [5.41, 5.74) is 0. The van der Waals surface area contributed by atoms with Crippen LogP contribution >= 0.6 is 0 Å². The molecule has 0 spiro atoms. The van der Waals surface area contributed by atoms with Crippen molar-refractivity contribution in [3.05, 3.63) is 0 Å². The molecule has 1 rings (SSSR count). The van der Waals surface area contributed by atoms with Crippen molar-refractivity contribution < 1.29 is 24.6 Å². The van der Waals surface area contributed by atoms with E-state index in [4.69, 9.17) is 10.2 Å². The van der Waals surface area contributed by atoms with E-state index in [0.717, 1.165) is 12.8 Å². The van der Waals surface area contributed by atoms with E-state index in [9.17, 15) is 14.4 Å². The third-order valence-corrected chi connectivity index (χ3v) is 3.35. The first-order valence-corrected chi connectivity index (χ1v) is 6.36. The van der Waals surface area contributed by atoms with Crippen molar-refractivity contribution in [3.8, 4) is 0 Å². The quantitative estimate of drug-likeness (QED) is 0.634. The first-order chi connectivity index (χ1) is 8.90. The Morgan fingerprint density at radius 2 is 1.95 bits per heavy atom. The van der Waals surface area contributed by atoms with Gasteiger partial charge in [0.2, 0.25) is 0 Å². The van der Waals surface area contributed by atoms with Crippen molar-refractivity contribution in [2.75, 3.05) is 13.6 Å². The fraction of sp³-hybridized carbons (Fsp3) is 0.750. The molecule has 0 aromatic heterocycles. The molecule has 3 N–H and O–H groups in total. The zero-order chi connectivity index (χ0) is 14.4. The molecular weight excluding hydrogens is 252 g/mol. The summed E-state index contributed by atoms with van der Waals surface area (Å²) in [5.74, 6) is -1.80. The molecule has 7 nitrogen and oxygen atoms in total. The van der Waals surface area contributed by atoms with Crippen molar-refractivity contribution in [2.45, 2.75) is 38.1 Å². The number of urea groups is 1. The van der Waals surface area contributed by atoms with Gasteiger partial charge in [-0.2, -0.15) is 0 Å². The Bertz CT molecular complexity index is 354. The van der Waals surface area contributed by atoms with Crippen molar-refractivity contribution in [3.63, 3.8) is 0 Å². The van der Waals surface area contributed by atoms with Crippen LogP contribution in [0.5, 0.6) is 0 Å². The predicted octanol–water partition coefficient (Wildman–Crippen LogP) is 0.746. The highest BCUT2D eigenvalue weighted by Crippen LogP contribution is 2.26. The SMILES string of the molecule is CN(CC1CCC1)C(=O)NC(CCC(=O)O)C(=O)O. The second-order valence-electron chi connectivity index (χ2n) is 4.95. The summed E-state index contributed by atoms with van der Waals surface area (Å²) in [6, 6.07) is -1.63. The molecule has 0 radical (unpaired) electrons. The van der Waals surface area contributed by atoms with E-state index < -0.39 is 24.0 Å². The average molecular weight is 272 g/mol. The Morgan fingerprint density at radius 3 is 2.37 bits per heavy atom. The molecule has 2 amide bonds. The molecule has 0 saturated heterocycles. The predicted molar refractivity (Wildman–Crippen MR) is 66.8 cm³/mol.